The fraction of sp³-hybridized carbons (Fsp3) is 0.240. The average Bonchev–Trinajstić information content (AvgIpc) is 3.44. The van der Waals surface area contributed by atoms with Gasteiger partial charge in [-0.2, -0.15) is 0 Å². The third-order valence-corrected chi connectivity index (χ3v) is 6.49. The van der Waals surface area contributed by atoms with Crippen molar-refractivity contribution in [2.75, 3.05) is 11.7 Å². The largest absolute Gasteiger partial charge is 0.454 e. The van der Waals surface area contributed by atoms with Crippen molar-refractivity contribution in [3.63, 3.8) is 0 Å². The maximum Gasteiger partial charge on any atom is 0.233 e. The fourth-order valence-electron chi connectivity index (χ4n) is 3.80. The normalized spacial score (nSPS) is 12.5. The molecule has 0 radical (unpaired) electrons. The summed E-state index contributed by atoms with van der Waals surface area (Å²) in [5, 5.41) is 0.697. The lowest BCUT2D eigenvalue weighted by Crippen LogP contribution is -2.31. The van der Waals surface area contributed by atoms with Gasteiger partial charge in [-0.25, -0.2) is 4.98 Å². The van der Waals surface area contributed by atoms with Crippen LogP contribution >= 0.6 is 11.3 Å². The van der Waals surface area contributed by atoms with Crippen LogP contribution < -0.4 is 14.4 Å². The van der Waals surface area contributed by atoms with Gasteiger partial charge in [0.15, 0.2) is 16.6 Å². The van der Waals surface area contributed by atoms with E-state index in [-0.39, 0.29) is 19.1 Å². The molecule has 5 rings (SSSR count). The van der Waals surface area contributed by atoms with Crippen molar-refractivity contribution in [1.82, 2.24) is 9.97 Å². The molecule has 1 aliphatic heterocycles. The van der Waals surface area contributed by atoms with E-state index in [0.29, 0.717) is 29.1 Å². The molecule has 1 aliphatic rings. The summed E-state index contributed by atoms with van der Waals surface area (Å²) in [6, 6.07) is 15.7. The highest BCUT2D eigenvalue weighted by Gasteiger charge is 2.23. The van der Waals surface area contributed by atoms with Crippen LogP contribution in [-0.4, -0.2) is 22.7 Å². The second-order valence-electron chi connectivity index (χ2n) is 8.05. The van der Waals surface area contributed by atoms with Crippen LogP contribution in [-0.2, 0) is 17.8 Å². The number of carbonyl (C=O) groups is 1. The van der Waals surface area contributed by atoms with Gasteiger partial charge >= 0.3 is 0 Å². The number of ether oxygens (including phenoxy) is 2. The first-order chi connectivity index (χ1) is 15.6. The SMILES string of the molecule is CC(C)c1cccc2sc(N(Cc3cccnc3)C(=O)Cc3ccc4c(c3)OCO4)nc12. The molecule has 0 atom stereocenters. The molecule has 2 aromatic heterocycles. The molecule has 0 fully saturated rings. The van der Waals surface area contributed by atoms with E-state index < -0.39 is 0 Å². The van der Waals surface area contributed by atoms with E-state index >= 15 is 0 Å². The molecule has 7 heteroatoms. The van der Waals surface area contributed by atoms with Gasteiger partial charge in [0.25, 0.3) is 0 Å². The third-order valence-electron chi connectivity index (χ3n) is 5.45. The van der Waals surface area contributed by atoms with Crippen molar-refractivity contribution in [3.8, 4) is 11.5 Å². The zero-order valence-electron chi connectivity index (χ0n) is 17.9. The quantitative estimate of drug-likeness (QED) is 0.402. The maximum atomic E-state index is 13.5. The lowest BCUT2D eigenvalue weighted by atomic mass is 10.0. The first kappa shape index (κ1) is 20.5. The molecule has 0 spiro atoms. The summed E-state index contributed by atoms with van der Waals surface area (Å²) in [6.45, 7) is 4.94. The molecule has 4 aromatic rings. The summed E-state index contributed by atoms with van der Waals surface area (Å²) in [4.78, 5) is 24.4. The summed E-state index contributed by atoms with van der Waals surface area (Å²) in [6.07, 6.45) is 3.76. The van der Waals surface area contributed by atoms with Gasteiger partial charge in [-0.05, 0) is 46.9 Å². The lowest BCUT2D eigenvalue weighted by Gasteiger charge is -2.20. The molecule has 3 heterocycles. The minimum Gasteiger partial charge on any atom is -0.454 e. The van der Waals surface area contributed by atoms with Gasteiger partial charge < -0.3 is 9.47 Å². The van der Waals surface area contributed by atoms with Gasteiger partial charge in [-0.15, -0.1) is 0 Å². The molecule has 32 heavy (non-hydrogen) atoms. The molecule has 0 unspecified atom stereocenters. The minimum absolute atomic E-state index is 0.0297. The first-order valence-electron chi connectivity index (χ1n) is 10.6. The molecular formula is C25H23N3O3S. The Morgan fingerprint density at radius 2 is 1.97 bits per heavy atom. The number of rotatable bonds is 6. The zero-order chi connectivity index (χ0) is 22.1. The molecule has 0 bridgehead atoms. The Labute approximate surface area is 190 Å². The van der Waals surface area contributed by atoms with Crippen LogP contribution in [0.15, 0.2) is 60.9 Å². The van der Waals surface area contributed by atoms with Crippen molar-refractivity contribution in [1.29, 1.82) is 0 Å². The summed E-state index contributed by atoms with van der Waals surface area (Å²) in [7, 11) is 0. The molecule has 0 N–H and O–H groups in total. The van der Waals surface area contributed by atoms with Crippen molar-refractivity contribution in [2.24, 2.45) is 0 Å². The van der Waals surface area contributed by atoms with Crippen LogP contribution in [0.3, 0.4) is 0 Å². The number of carbonyl (C=O) groups excluding carboxylic acids is 1. The second kappa shape index (κ2) is 8.59. The van der Waals surface area contributed by atoms with E-state index in [1.165, 1.54) is 5.56 Å². The summed E-state index contributed by atoms with van der Waals surface area (Å²) in [5.41, 5.74) is 3.98. The number of thiazole rings is 1. The smallest absolute Gasteiger partial charge is 0.233 e. The van der Waals surface area contributed by atoms with E-state index in [0.717, 1.165) is 21.3 Å². The number of hydrogen-bond donors (Lipinski definition) is 0. The summed E-state index contributed by atoms with van der Waals surface area (Å²) in [5.74, 6) is 1.71. The van der Waals surface area contributed by atoms with Crippen LogP contribution in [0.25, 0.3) is 10.2 Å². The standard InChI is InChI=1S/C25H23N3O3S/c1-16(2)19-6-3-7-22-24(19)27-25(32-22)28(14-18-5-4-10-26-13-18)23(29)12-17-8-9-20-21(11-17)31-15-30-20/h3-11,13,16H,12,14-15H2,1-2H3. The number of nitrogens with zero attached hydrogens (tertiary/aromatic N) is 3. The van der Waals surface area contributed by atoms with Crippen LogP contribution in [0, 0.1) is 0 Å². The van der Waals surface area contributed by atoms with Crippen LogP contribution in [0.2, 0.25) is 0 Å². The highest BCUT2D eigenvalue weighted by molar-refractivity contribution is 7.22. The molecule has 0 saturated carbocycles. The Balaban J connectivity index is 1.50. The van der Waals surface area contributed by atoms with Gasteiger partial charge in [0.2, 0.25) is 12.7 Å². The zero-order valence-corrected chi connectivity index (χ0v) is 18.8. The highest BCUT2D eigenvalue weighted by atomic mass is 32.1. The molecule has 0 aliphatic carbocycles. The van der Waals surface area contributed by atoms with E-state index in [4.69, 9.17) is 14.5 Å². The molecule has 162 valence electrons. The van der Waals surface area contributed by atoms with E-state index in [2.05, 4.69) is 37.0 Å². The fourth-order valence-corrected chi connectivity index (χ4v) is 4.81. The second-order valence-corrected chi connectivity index (χ2v) is 9.06. The molecule has 1 amide bonds. The third kappa shape index (κ3) is 4.03. The van der Waals surface area contributed by atoms with Crippen molar-refractivity contribution < 1.29 is 14.3 Å². The average molecular weight is 446 g/mol. The Morgan fingerprint density at radius 1 is 1.09 bits per heavy atom. The molecular weight excluding hydrogens is 422 g/mol. The molecule has 2 aromatic carbocycles. The maximum absolute atomic E-state index is 13.5. The Morgan fingerprint density at radius 3 is 2.78 bits per heavy atom. The number of pyridine rings is 1. The molecule has 0 saturated heterocycles. The Hall–Kier alpha value is -3.45. The summed E-state index contributed by atoms with van der Waals surface area (Å²) < 4.78 is 11.9. The van der Waals surface area contributed by atoms with Crippen LogP contribution in [0.5, 0.6) is 11.5 Å². The number of amides is 1. The van der Waals surface area contributed by atoms with Crippen molar-refractivity contribution >= 4 is 32.6 Å². The number of benzene rings is 2. The van der Waals surface area contributed by atoms with Crippen LogP contribution in [0.4, 0.5) is 5.13 Å². The van der Waals surface area contributed by atoms with Gasteiger partial charge in [0.1, 0.15) is 0 Å². The lowest BCUT2D eigenvalue weighted by molar-refractivity contribution is -0.118. The van der Waals surface area contributed by atoms with Gasteiger partial charge in [0, 0.05) is 12.4 Å². The van der Waals surface area contributed by atoms with Crippen molar-refractivity contribution in [2.45, 2.75) is 32.7 Å². The van der Waals surface area contributed by atoms with E-state index in [1.54, 1.807) is 28.6 Å². The number of para-hydroxylation sites is 1. The highest BCUT2D eigenvalue weighted by Crippen LogP contribution is 2.35. The Kier molecular flexibility index (Phi) is 5.49. The van der Waals surface area contributed by atoms with Gasteiger partial charge in [0.05, 0.1) is 23.2 Å². The van der Waals surface area contributed by atoms with E-state index in [9.17, 15) is 4.79 Å². The monoisotopic (exact) mass is 445 g/mol. The number of aromatic nitrogens is 2. The minimum atomic E-state index is -0.0297. The number of anilines is 1. The summed E-state index contributed by atoms with van der Waals surface area (Å²) >= 11 is 1.54. The van der Waals surface area contributed by atoms with E-state index in [1.807, 2.05) is 30.3 Å². The molecule has 6 nitrogen and oxygen atoms in total. The van der Waals surface area contributed by atoms with Gasteiger partial charge in [-0.3, -0.25) is 14.7 Å². The van der Waals surface area contributed by atoms with Crippen molar-refractivity contribution in [3.05, 3.63) is 77.6 Å². The van der Waals surface area contributed by atoms with Gasteiger partial charge in [-0.1, -0.05) is 49.4 Å². The number of fused-ring (bicyclic) bond motifs is 2. The predicted molar refractivity (Wildman–Crippen MR) is 125 cm³/mol. The first-order valence-corrected chi connectivity index (χ1v) is 11.4. The Bertz CT molecular complexity index is 1270. The topological polar surface area (TPSA) is 64.6 Å². The predicted octanol–water partition coefficient (Wildman–Crippen LogP) is 5.32. The number of hydrogen-bond acceptors (Lipinski definition) is 6. The van der Waals surface area contributed by atoms with Crippen LogP contribution in [0.1, 0.15) is 36.5 Å².